The lowest BCUT2D eigenvalue weighted by molar-refractivity contribution is 0.149. The third kappa shape index (κ3) is 3.99. The van der Waals surface area contributed by atoms with E-state index in [2.05, 4.69) is 31.9 Å². The van der Waals surface area contributed by atoms with Crippen molar-refractivity contribution in [2.45, 2.75) is 38.5 Å². The SMILES string of the molecule is BrCC1(COc2cccc(Br)c2)CCCCCC1. The minimum Gasteiger partial charge on any atom is -0.493 e. The molecule has 1 fully saturated rings. The molecule has 100 valence electrons. The van der Waals surface area contributed by atoms with Crippen LogP contribution in [0.4, 0.5) is 0 Å². The summed E-state index contributed by atoms with van der Waals surface area (Å²) in [7, 11) is 0. The Morgan fingerprint density at radius 2 is 1.83 bits per heavy atom. The highest BCUT2D eigenvalue weighted by Gasteiger charge is 2.30. The van der Waals surface area contributed by atoms with Crippen molar-refractivity contribution < 1.29 is 4.74 Å². The lowest BCUT2D eigenvalue weighted by Gasteiger charge is -2.30. The van der Waals surface area contributed by atoms with Crippen molar-refractivity contribution in [3.63, 3.8) is 0 Å². The van der Waals surface area contributed by atoms with Crippen LogP contribution in [0.1, 0.15) is 38.5 Å². The third-order valence-corrected chi connectivity index (χ3v) is 5.47. The van der Waals surface area contributed by atoms with Crippen molar-refractivity contribution in [2.24, 2.45) is 5.41 Å². The van der Waals surface area contributed by atoms with Crippen LogP contribution in [0.15, 0.2) is 28.7 Å². The zero-order valence-corrected chi connectivity index (χ0v) is 13.8. The standard InChI is InChI=1S/C15H20Br2O/c16-11-15(8-3-1-2-4-9-15)12-18-14-7-5-6-13(17)10-14/h5-7,10H,1-4,8-9,11-12H2. The largest absolute Gasteiger partial charge is 0.493 e. The summed E-state index contributed by atoms with van der Waals surface area (Å²) in [5.41, 5.74) is 0.332. The van der Waals surface area contributed by atoms with Crippen LogP contribution in [-0.4, -0.2) is 11.9 Å². The minimum absolute atomic E-state index is 0.332. The summed E-state index contributed by atoms with van der Waals surface area (Å²) in [6.45, 7) is 0.828. The zero-order chi connectivity index (χ0) is 12.8. The molecule has 0 radical (unpaired) electrons. The van der Waals surface area contributed by atoms with Crippen molar-refractivity contribution in [3.05, 3.63) is 28.7 Å². The highest BCUT2D eigenvalue weighted by molar-refractivity contribution is 9.10. The Labute approximate surface area is 127 Å². The molecule has 0 saturated heterocycles. The molecular formula is C15H20Br2O. The second-order valence-electron chi connectivity index (χ2n) is 5.29. The first-order chi connectivity index (χ1) is 8.74. The molecule has 0 N–H and O–H groups in total. The van der Waals surface area contributed by atoms with Crippen molar-refractivity contribution in [3.8, 4) is 5.75 Å². The number of hydrogen-bond acceptors (Lipinski definition) is 1. The summed E-state index contributed by atoms with van der Waals surface area (Å²) in [4.78, 5) is 0. The summed E-state index contributed by atoms with van der Waals surface area (Å²) >= 11 is 7.18. The first kappa shape index (κ1) is 14.4. The molecule has 1 nitrogen and oxygen atoms in total. The van der Waals surface area contributed by atoms with Gasteiger partial charge in [-0.3, -0.25) is 0 Å². The summed E-state index contributed by atoms with van der Waals surface area (Å²) in [5, 5.41) is 1.05. The number of halogens is 2. The van der Waals surface area contributed by atoms with Crippen molar-refractivity contribution >= 4 is 31.9 Å². The lowest BCUT2D eigenvalue weighted by atomic mass is 9.83. The molecule has 1 aromatic rings. The Morgan fingerprint density at radius 3 is 2.44 bits per heavy atom. The molecule has 2 rings (SSSR count). The van der Waals surface area contributed by atoms with Gasteiger partial charge in [0.1, 0.15) is 5.75 Å². The van der Waals surface area contributed by atoms with Crippen LogP contribution in [0.5, 0.6) is 5.75 Å². The Kier molecular flexibility index (Phi) is 5.56. The van der Waals surface area contributed by atoms with E-state index >= 15 is 0 Å². The number of ether oxygens (including phenoxy) is 1. The predicted molar refractivity (Wildman–Crippen MR) is 83.6 cm³/mol. The fraction of sp³-hybridized carbons (Fsp3) is 0.600. The smallest absolute Gasteiger partial charge is 0.120 e. The lowest BCUT2D eigenvalue weighted by Crippen LogP contribution is -2.29. The molecular weight excluding hydrogens is 356 g/mol. The maximum absolute atomic E-state index is 6.02. The van der Waals surface area contributed by atoms with E-state index in [0.29, 0.717) is 5.41 Å². The second kappa shape index (κ2) is 6.95. The van der Waals surface area contributed by atoms with Crippen molar-refractivity contribution in [1.29, 1.82) is 0 Å². The predicted octanol–water partition coefficient (Wildman–Crippen LogP) is 5.56. The molecule has 0 unspecified atom stereocenters. The number of hydrogen-bond donors (Lipinski definition) is 0. The van der Waals surface area contributed by atoms with Gasteiger partial charge < -0.3 is 4.74 Å². The van der Waals surface area contributed by atoms with Gasteiger partial charge in [-0.25, -0.2) is 0 Å². The van der Waals surface area contributed by atoms with E-state index in [1.165, 1.54) is 38.5 Å². The molecule has 3 heteroatoms. The number of rotatable bonds is 4. The molecule has 0 aromatic heterocycles. The quantitative estimate of drug-likeness (QED) is 0.494. The van der Waals surface area contributed by atoms with Gasteiger partial charge in [-0.15, -0.1) is 0 Å². The van der Waals surface area contributed by atoms with Crippen molar-refractivity contribution in [2.75, 3.05) is 11.9 Å². The van der Waals surface area contributed by atoms with Crippen LogP contribution >= 0.6 is 31.9 Å². The fourth-order valence-corrected chi connectivity index (χ4v) is 3.69. The summed E-state index contributed by atoms with van der Waals surface area (Å²) in [6.07, 6.45) is 8.01. The molecule has 0 amide bonds. The van der Waals surface area contributed by atoms with E-state index in [1.807, 2.05) is 24.3 Å². The molecule has 1 aromatic carbocycles. The molecule has 0 heterocycles. The van der Waals surface area contributed by atoms with Gasteiger partial charge in [0.2, 0.25) is 0 Å². The van der Waals surface area contributed by atoms with Crippen molar-refractivity contribution in [1.82, 2.24) is 0 Å². The van der Waals surface area contributed by atoms with Crippen LogP contribution in [0, 0.1) is 5.41 Å². The van der Waals surface area contributed by atoms with E-state index in [0.717, 1.165) is 22.2 Å². The Bertz CT molecular complexity index is 371. The molecule has 0 atom stereocenters. The summed E-state index contributed by atoms with van der Waals surface area (Å²) in [6, 6.07) is 8.12. The van der Waals surface area contributed by atoms with Gasteiger partial charge in [0, 0.05) is 15.2 Å². The van der Waals surface area contributed by atoms with Gasteiger partial charge in [0.15, 0.2) is 0 Å². The summed E-state index contributed by atoms with van der Waals surface area (Å²) < 4.78 is 7.09. The molecule has 1 aliphatic rings. The van der Waals surface area contributed by atoms with Crippen LogP contribution in [-0.2, 0) is 0 Å². The van der Waals surface area contributed by atoms with Crippen LogP contribution in [0.2, 0.25) is 0 Å². The first-order valence-corrected chi connectivity index (χ1v) is 8.60. The van der Waals surface area contributed by atoms with Gasteiger partial charge in [0.25, 0.3) is 0 Å². The average Bonchev–Trinajstić information content (AvgIpc) is 2.63. The Morgan fingerprint density at radius 1 is 1.11 bits per heavy atom. The van der Waals surface area contributed by atoms with Gasteiger partial charge in [-0.2, -0.15) is 0 Å². The van der Waals surface area contributed by atoms with Gasteiger partial charge in [0.05, 0.1) is 6.61 Å². The number of alkyl halides is 1. The zero-order valence-electron chi connectivity index (χ0n) is 10.6. The maximum Gasteiger partial charge on any atom is 0.120 e. The van der Waals surface area contributed by atoms with E-state index < -0.39 is 0 Å². The molecule has 0 aliphatic heterocycles. The summed E-state index contributed by atoms with van der Waals surface area (Å²) in [5.74, 6) is 0.967. The monoisotopic (exact) mass is 374 g/mol. The van der Waals surface area contributed by atoms with Gasteiger partial charge >= 0.3 is 0 Å². The van der Waals surface area contributed by atoms with E-state index in [1.54, 1.807) is 0 Å². The highest BCUT2D eigenvalue weighted by atomic mass is 79.9. The van der Waals surface area contributed by atoms with Gasteiger partial charge in [-0.05, 0) is 31.0 Å². The topological polar surface area (TPSA) is 9.23 Å². The van der Waals surface area contributed by atoms with Gasteiger partial charge in [-0.1, -0.05) is 63.6 Å². The molecule has 18 heavy (non-hydrogen) atoms. The second-order valence-corrected chi connectivity index (χ2v) is 6.77. The van der Waals surface area contributed by atoms with Crippen LogP contribution in [0.3, 0.4) is 0 Å². The Balaban J connectivity index is 1.97. The fourth-order valence-electron chi connectivity index (χ4n) is 2.59. The maximum atomic E-state index is 6.02. The average molecular weight is 376 g/mol. The minimum atomic E-state index is 0.332. The highest BCUT2D eigenvalue weighted by Crippen LogP contribution is 2.37. The number of benzene rings is 1. The first-order valence-electron chi connectivity index (χ1n) is 6.68. The molecule has 1 aliphatic carbocycles. The van der Waals surface area contributed by atoms with E-state index in [4.69, 9.17) is 4.74 Å². The van der Waals surface area contributed by atoms with E-state index in [-0.39, 0.29) is 0 Å². The van der Waals surface area contributed by atoms with Crippen LogP contribution in [0.25, 0.3) is 0 Å². The van der Waals surface area contributed by atoms with E-state index in [9.17, 15) is 0 Å². The molecule has 0 bridgehead atoms. The normalized spacial score (nSPS) is 19.2. The Hall–Kier alpha value is -0.0200. The third-order valence-electron chi connectivity index (χ3n) is 3.79. The molecule has 1 saturated carbocycles. The molecule has 0 spiro atoms. The van der Waals surface area contributed by atoms with Crippen LogP contribution < -0.4 is 4.74 Å².